The predicted molar refractivity (Wildman–Crippen MR) is 54.7 cm³/mol. The van der Waals surface area contributed by atoms with Crippen molar-refractivity contribution < 1.29 is 34.6 Å². The van der Waals surface area contributed by atoms with Gasteiger partial charge in [0.2, 0.25) is 0 Å². The van der Waals surface area contributed by atoms with Gasteiger partial charge >= 0.3 is 22.3 Å². The number of aryl methyl sites for hydroxylation is 1. The normalized spacial score (nSPS) is 12.3. The molecule has 1 aromatic rings. The Hall–Kier alpha value is -1.48. The SMILES string of the molecule is Cc1ccc(S(=O)(=O)OC(F)(F)C(F)=C(F)F)cc1. The lowest BCUT2D eigenvalue weighted by molar-refractivity contribution is -0.155. The minimum absolute atomic E-state index is 0.631. The summed E-state index contributed by atoms with van der Waals surface area (Å²) in [4.78, 5) is -0.704. The first-order valence-electron chi connectivity index (χ1n) is 4.67. The van der Waals surface area contributed by atoms with E-state index in [1.807, 2.05) is 0 Å². The maximum absolute atomic E-state index is 12.8. The molecule has 1 rings (SSSR count). The Labute approximate surface area is 105 Å². The van der Waals surface area contributed by atoms with Gasteiger partial charge in [0.25, 0.3) is 5.83 Å². The van der Waals surface area contributed by atoms with Crippen molar-refractivity contribution in [3.05, 3.63) is 41.7 Å². The summed E-state index contributed by atoms with van der Waals surface area (Å²) in [7, 11) is -5.07. The van der Waals surface area contributed by atoms with Gasteiger partial charge in [-0.3, -0.25) is 0 Å². The van der Waals surface area contributed by atoms with Crippen LogP contribution < -0.4 is 0 Å². The molecule has 0 aromatic heterocycles. The van der Waals surface area contributed by atoms with Crippen molar-refractivity contribution in [3.63, 3.8) is 0 Å². The minimum Gasteiger partial charge on any atom is -0.196 e. The van der Waals surface area contributed by atoms with E-state index in [-0.39, 0.29) is 0 Å². The van der Waals surface area contributed by atoms with Gasteiger partial charge in [-0.25, -0.2) is 0 Å². The van der Waals surface area contributed by atoms with Crippen LogP contribution in [0.2, 0.25) is 0 Å². The van der Waals surface area contributed by atoms with Gasteiger partial charge in [-0.05, 0) is 19.1 Å². The Morgan fingerprint density at radius 3 is 2.00 bits per heavy atom. The average Bonchev–Trinajstić information content (AvgIpc) is 2.27. The van der Waals surface area contributed by atoms with Crippen molar-refractivity contribution in [2.45, 2.75) is 17.9 Å². The molecule has 0 amide bonds. The second-order valence-electron chi connectivity index (χ2n) is 3.44. The third-order valence-electron chi connectivity index (χ3n) is 1.95. The summed E-state index contributed by atoms with van der Waals surface area (Å²) >= 11 is 0. The number of benzene rings is 1. The summed E-state index contributed by atoms with van der Waals surface area (Å²) in [6, 6.07) is 4.40. The van der Waals surface area contributed by atoms with Gasteiger partial charge in [0.05, 0.1) is 4.90 Å². The van der Waals surface area contributed by atoms with Crippen molar-refractivity contribution in [1.29, 1.82) is 0 Å². The van der Waals surface area contributed by atoms with Gasteiger partial charge in [-0.15, -0.1) is 0 Å². The first-order chi connectivity index (χ1) is 8.56. The lowest BCUT2D eigenvalue weighted by atomic mass is 10.2. The highest BCUT2D eigenvalue weighted by molar-refractivity contribution is 7.86. The van der Waals surface area contributed by atoms with Crippen LogP contribution in [0.4, 0.5) is 22.0 Å². The molecule has 1 aromatic carbocycles. The Morgan fingerprint density at radius 2 is 1.58 bits per heavy atom. The van der Waals surface area contributed by atoms with E-state index in [1.54, 1.807) is 6.92 Å². The van der Waals surface area contributed by atoms with Gasteiger partial charge < -0.3 is 0 Å². The van der Waals surface area contributed by atoms with Crippen LogP contribution in [0.1, 0.15) is 5.56 Å². The molecule has 0 atom stereocenters. The number of hydrogen-bond donors (Lipinski definition) is 0. The minimum atomic E-state index is -5.26. The van der Waals surface area contributed by atoms with Crippen LogP contribution in [-0.4, -0.2) is 14.5 Å². The first-order valence-corrected chi connectivity index (χ1v) is 6.08. The van der Waals surface area contributed by atoms with Crippen molar-refractivity contribution in [2.75, 3.05) is 0 Å². The summed E-state index contributed by atoms with van der Waals surface area (Å²) in [6.07, 6.45) is -8.62. The molecule has 0 unspecified atom stereocenters. The molecule has 0 fully saturated rings. The molecule has 0 aliphatic carbocycles. The summed E-state index contributed by atoms with van der Waals surface area (Å²) < 4.78 is 87.3. The van der Waals surface area contributed by atoms with E-state index < -0.39 is 33.0 Å². The van der Waals surface area contributed by atoms with Crippen LogP contribution >= 0.6 is 0 Å². The smallest absolute Gasteiger partial charge is 0.196 e. The number of alkyl halides is 2. The van der Waals surface area contributed by atoms with Crippen LogP contribution in [0.15, 0.2) is 41.1 Å². The number of rotatable bonds is 4. The molecular weight excluding hydrogens is 295 g/mol. The molecule has 0 aliphatic heterocycles. The zero-order chi connectivity index (χ0) is 14.8. The van der Waals surface area contributed by atoms with Gasteiger partial charge in [0.1, 0.15) is 0 Å². The monoisotopic (exact) mass is 302 g/mol. The highest BCUT2D eigenvalue weighted by atomic mass is 32.2. The molecule has 0 heterocycles. The molecule has 9 heteroatoms. The van der Waals surface area contributed by atoms with Crippen LogP contribution in [0.5, 0.6) is 0 Å². The fourth-order valence-electron chi connectivity index (χ4n) is 1.04. The van der Waals surface area contributed by atoms with Gasteiger partial charge in [-0.2, -0.15) is 34.6 Å². The van der Waals surface area contributed by atoms with Gasteiger partial charge in [0.15, 0.2) is 0 Å². The van der Waals surface area contributed by atoms with Crippen molar-refractivity contribution in [2.24, 2.45) is 0 Å². The largest absolute Gasteiger partial charge is 0.428 e. The molecule has 106 valence electrons. The van der Waals surface area contributed by atoms with Crippen LogP contribution in [-0.2, 0) is 14.3 Å². The van der Waals surface area contributed by atoms with Crippen molar-refractivity contribution in [3.8, 4) is 0 Å². The summed E-state index contributed by atoms with van der Waals surface area (Å²) in [5.41, 5.74) is 0.631. The molecule has 0 saturated carbocycles. The lowest BCUT2D eigenvalue weighted by Gasteiger charge is -2.14. The van der Waals surface area contributed by atoms with E-state index in [0.717, 1.165) is 12.1 Å². The zero-order valence-corrected chi connectivity index (χ0v) is 10.1. The van der Waals surface area contributed by atoms with Crippen LogP contribution in [0, 0.1) is 6.92 Å². The quantitative estimate of drug-likeness (QED) is 0.632. The van der Waals surface area contributed by atoms with Crippen LogP contribution in [0.25, 0.3) is 0 Å². The Kier molecular flexibility index (Phi) is 4.31. The van der Waals surface area contributed by atoms with Crippen molar-refractivity contribution >= 4 is 10.1 Å². The molecule has 0 aliphatic rings. The topological polar surface area (TPSA) is 43.4 Å². The van der Waals surface area contributed by atoms with E-state index >= 15 is 0 Å². The van der Waals surface area contributed by atoms with Gasteiger partial charge in [-0.1, -0.05) is 17.7 Å². The molecule has 0 spiro atoms. The predicted octanol–water partition coefficient (Wildman–Crippen LogP) is 3.37. The second-order valence-corrected chi connectivity index (χ2v) is 4.99. The maximum Gasteiger partial charge on any atom is 0.428 e. The highest BCUT2D eigenvalue weighted by Crippen LogP contribution is 2.33. The van der Waals surface area contributed by atoms with Crippen molar-refractivity contribution in [1.82, 2.24) is 0 Å². The third kappa shape index (κ3) is 3.74. The first kappa shape index (κ1) is 15.6. The number of hydrogen-bond acceptors (Lipinski definition) is 3. The highest BCUT2D eigenvalue weighted by Gasteiger charge is 2.45. The Balaban J connectivity index is 3.11. The van der Waals surface area contributed by atoms with Gasteiger partial charge in [0, 0.05) is 0 Å². The average molecular weight is 302 g/mol. The Morgan fingerprint density at radius 1 is 1.11 bits per heavy atom. The Bertz CT molecular complexity index is 588. The molecule has 19 heavy (non-hydrogen) atoms. The lowest BCUT2D eigenvalue weighted by Crippen LogP contribution is -2.26. The molecule has 0 saturated heterocycles. The fourth-order valence-corrected chi connectivity index (χ4v) is 1.95. The summed E-state index contributed by atoms with van der Waals surface area (Å²) in [5.74, 6) is -3.25. The molecule has 0 bridgehead atoms. The van der Waals surface area contributed by atoms with E-state index in [9.17, 15) is 30.4 Å². The second kappa shape index (κ2) is 5.25. The van der Waals surface area contributed by atoms with E-state index in [1.165, 1.54) is 12.1 Å². The fraction of sp³-hybridized carbons (Fsp3) is 0.200. The molecular formula is C10H7F5O3S. The van der Waals surface area contributed by atoms with E-state index in [2.05, 4.69) is 4.18 Å². The standard InChI is InChI=1S/C10H7F5O3S/c1-6-2-4-7(5-3-6)19(16,17)18-10(14,15)8(11)9(12)13/h2-5H,1H3. The molecule has 0 N–H and O–H groups in total. The number of halogens is 5. The summed E-state index contributed by atoms with van der Waals surface area (Å²) in [6.45, 7) is 1.60. The molecule has 0 radical (unpaired) electrons. The van der Waals surface area contributed by atoms with E-state index in [0.29, 0.717) is 5.56 Å². The third-order valence-corrected chi connectivity index (χ3v) is 3.22. The molecule has 3 nitrogen and oxygen atoms in total. The van der Waals surface area contributed by atoms with Crippen LogP contribution in [0.3, 0.4) is 0 Å². The summed E-state index contributed by atoms with van der Waals surface area (Å²) in [5, 5.41) is 0. The van der Waals surface area contributed by atoms with E-state index in [4.69, 9.17) is 0 Å². The zero-order valence-electron chi connectivity index (χ0n) is 9.33. The maximum atomic E-state index is 12.8.